The molecule has 0 aliphatic carbocycles. The topological polar surface area (TPSA) is 76.2 Å². The van der Waals surface area contributed by atoms with Gasteiger partial charge >= 0.3 is 0 Å². The van der Waals surface area contributed by atoms with Crippen molar-refractivity contribution in [1.29, 1.82) is 0 Å². The molecule has 0 atom stereocenters. The molecule has 2 aromatic carbocycles. The van der Waals surface area contributed by atoms with E-state index < -0.39 is 0 Å². The zero-order valence-electron chi connectivity index (χ0n) is 13.6. The Morgan fingerprint density at radius 1 is 1.17 bits per heavy atom. The van der Waals surface area contributed by atoms with E-state index >= 15 is 0 Å². The first-order valence-corrected chi connectivity index (χ1v) is 7.62. The van der Waals surface area contributed by atoms with Crippen LogP contribution in [0.5, 0.6) is 5.75 Å². The van der Waals surface area contributed by atoms with Crippen molar-refractivity contribution >= 4 is 16.8 Å². The van der Waals surface area contributed by atoms with Crippen LogP contribution in [-0.4, -0.2) is 43.5 Å². The van der Waals surface area contributed by atoms with E-state index in [0.29, 0.717) is 18.7 Å². The Morgan fingerprint density at radius 3 is 2.67 bits per heavy atom. The van der Waals surface area contributed by atoms with Crippen molar-refractivity contribution in [3.05, 3.63) is 48.0 Å². The number of hydrogen-bond donors (Lipinski definition) is 2. The third-order valence-electron chi connectivity index (χ3n) is 3.78. The number of amides is 1. The van der Waals surface area contributed by atoms with Crippen molar-refractivity contribution in [3.63, 3.8) is 0 Å². The van der Waals surface area contributed by atoms with E-state index in [9.17, 15) is 4.79 Å². The van der Waals surface area contributed by atoms with E-state index in [1.54, 1.807) is 26.4 Å². The molecule has 0 fully saturated rings. The lowest BCUT2D eigenvalue weighted by Gasteiger charge is -2.05. The summed E-state index contributed by atoms with van der Waals surface area (Å²) >= 11 is 0. The molecule has 0 bridgehead atoms. The summed E-state index contributed by atoms with van der Waals surface area (Å²) in [6, 6.07) is 13.1. The Kier molecular flexibility index (Phi) is 4.77. The van der Waals surface area contributed by atoms with Crippen molar-refractivity contribution in [2.75, 3.05) is 27.4 Å². The predicted octanol–water partition coefficient (Wildman–Crippen LogP) is 2.61. The summed E-state index contributed by atoms with van der Waals surface area (Å²) in [5.41, 5.74) is 3.30. The lowest BCUT2D eigenvalue weighted by Crippen LogP contribution is -2.26. The van der Waals surface area contributed by atoms with Gasteiger partial charge in [-0.15, -0.1) is 0 Å². The third kappa shape index (κ3) is 3.23. The van der Waals surface area contributed by atoms with E-state index in [1.807, 2.05) is 30.3 Å². The van der Waals surface area contributed by atoms with Crippen LogP contribution < -0.4 is 10.1 Å². The van der Waals surface area contributed by atoms with Crippen LogP contribution in [0.3, 0.4) is 0 Å². The Morgan fingerprint density at radius 2 is 1.96 bits per heavy atom. The maximum atomic E-state index is 12.0. The molecule has 6 heteroatoms. The molecule has 124 valence electrons. The molecule has 1 amide bonds. The van der Waals surface area contributed by atoms with Gasteiger partial charge in [-0.3, -0.25) is 9.89 Å². The molecular formula is C18H19N3O3. The number of H-pyrrole nitrogens is 1. The van der Waals surface area contributed by atoms with Crippen LogP contribution in [-0.2, 0) is 4.74 Å². The molecule has 1 heterocycles. The Hall–Kier alpha value is -2.86. The molecule has 0 unspecified atom stereocenters. The second-order valence-electron chi connectivity index (χ2n) is 5.31. The molecule has 0 saturated heterocycles. The molecule has 0 spiro atoms. The highest BCUT2D eigenvalue weighted by Crippen LogP contribution is 2.29. The van der Waals surface area contributed by atoms with Crippen molar-refractivity contribution in [1.82, 2.24) is 15.5 Å². The van der Waals surface area contributed by atoms with Crippen LogP contribution in [0.25, 0.3) is 22.2 Å². The van der Waals surface area contributed by atoms with Crippen molar-refractivity contribution in [2.24, 2.45) is 0 Å². The van der Waals surface area contributed by atoms with E-state index in [0.717, 1.165) is 27.9 Å². The Bertz CT molecular complexity index is 840. The van der Waals surface area contributed by atoms with Gasteiger partial charge in [-0.2, -0.15) is 5.10 Å². The fourth-order valence-corrected chi connectivity index (χ4v) is 2.49. The molecule has 3 rings (SSSR count). The number of rotatable bonds is 6. The number of methoxy groups -OCH3 is 2. The lowest BCUT2D eigenvalue weighted by atomic mass is 10.1. The van der Waals surface area contributed by atoms with E-state index in [1.165, 1.54) is 0 Å². The number of nitrogens with one attached hydrogen (secondary N) is 2. The van der Waals surface area contributed by atoms with Crippen LogP contribution in [0.4, 0.5) is 0 Å². The minimum atomic E-state index is -0.118. The fourth-order valence-electron chi connectivity index (χ4n) is 2.49. The SMILES string of the molecule is COCCNC(=O)c1ccc(-c2n[nH]c3ccc(OC)cc23)cc1. The van der Waals surface area contributed by atoms with Crippen LogP contribution in [0, 0.1) is 0 Å². The van der Waals surface area contributed by atoms with Crippen molar-refractivity contribution in [3.8, 4) is 17.0 Å². The highest BCUT2D eigenvalue weighted by Gasteiger charge is 2.11. The van der Waals surface area contributed by atoms with Gasteiger partial charge in [0, 0.05) is 30.2 Å². The zero-order chi connectivity index (χ0) is 16.9. The molecule has 0 aliphatic heterocycles. The van der Waals surface area contributed by atoms with Gasteiger partial charge in [0.15, 0.2) is 0 Å². The summed E-state index contributed by atoms with van der Waals surface area (Å²) in [6.45, 7) is 0.978. The van der Waals surface area contributed by atoms with Gasteiger partial charge in [0.05, 0.1) is 19.2 Å². The number of aromatic nitrogens is 2. The third-order valence-corrected chi connectivity index (χ3v) is 3.78. The second kappa shape index (κ2) is 7.14. The number of ether oxygens (including phenoxy) is 2. The van der Waals surface area contributed by atoms with Gasteiger partial charge in [0.25, 0.3) is 5.91 Å². The van der Waals surface area contributed by atoms with Crippen molar-refractivity contribution in [2.45, 2.75) is 0 Å². The standard InChI is InChI=1S/C18H19N3O3/c1-23-10-9-19-18(22)13-5-3-12(4-6-13)17-15-11-14(24-2)7-8-16(15)20-21-17/h3-8,11H,9-10H2,1-2H3,(H,19,22)(H,20,21). The highest BCUT2D eigenvalue weighted by molar-refractivity contribution is 5.96. The number of carbonyl (C=O) groups is 1. The van der Waals surface area contributed by atoms with Crippen LogP contribution in [0.15, 0.2) is 42.5 Å². The summed E-state index contributed by atoms with van der Waals surface area (Å²) in [5.74, 6) is 0.659. The normalized spacial score (nSPS) is 10.8. The molecular weight excluding hydrogens is 306 g/mol. The molecule has 3 aromatic rings. The lowest BCUT2D eigenvalue weighted by molar-refractivity contribution is 0.0937. The van der Waals surface area contributed by atoms with Gasteiger partial charge in [-0.05, 0) is 30.3 Å². The molecule has 0 saturated carbocycles. The Labute approximate surface area is 139 Å². The molecule has 1 aromatic heterocycles. The van der Waals surface area contributed by atoms with Crippen LogP contribution in [0.1, 0.15) is 10.4 Å². The first-order valence-electron chi connectivity index (χ1n) is 7.62. The van der Waals surface area contributed by atoms with E-state index in [4.69, 9.17) is 9.47 Å². The van der Waals surface area contributed by atoms with E-state index in [-0.39, 0.29) is 5.91 Å². The number of nitrogens with zero attached hydrogens (tertiary/aromatic N) is 1. The van der Waals surface area contributed by atoms with Gasteiger partial charge in [-0.1, -0.05) is 12.1 Å². The number of aromatic amines is 1. The van der Waals surface area contributed by atoms with Crippen LogP contribution in [0.2, 0.25) is 0 Å². The first-order chi connectivity index (χ1) is 11.7. The monoisotopic (exact) mass is 325 g/mol. The highest BCUT2D eigenvalue weighted by atomic mass is 16.5. The van der Waals surface area contributed by atoms with Crippen molar-refractivity contribution < 1.29 is 14.3 Å². The first kappa shape index (κ1) is 16.0. The number of benzene rings is 2. The minimum absolute atomic E-state index is 0.118. The number of fused-ring (bicyclic) bond motifs is 1. The molecule has 0 aliphatic rings. The van der Waals surface area contributed by atoms with Gasteiger partial charge in [0.1, 0.15) is 11.4 Å². The maximum absolute atomic E-state index is 12.0. The zero-order valence-corrected chi connectivity index (χ0v) is 13.6. The van der Waals surface area contributed by atoms with Crippen LogP contribution >= 0.6 is 0 Å². The van der Waals surface area contributed by atoms with Gasteiger partial charge < -0.3 is 14.8 Å². The minimum Gasteiger partial charge on any atom is -0.497 e. The predicted molar refractivity (Wildman–Crippen MR) is 92.3 cm³/mol. The quantitative estimate of drug-likeness (QED) is 0.683. The number of carbonyl (C=O) groups excluding carboxylic acids is 1. The molecule has 0 radical (unpaired) electrons. The molecule has 6 nitrogen and oxygen atoms in total. The van der Waals surface area contributed by atoms with E-state index in [2.05, 4.69) is 15.5 Å². The molecule has 24 heavy (non-hydrogen) atoms. The maximum Gasteiger partial charge on any atom is 0.251 e. The summed E-state index contributed by atoms with van der Waals surface area (Å²) in [4.78, 5) is 12.0. The average molecular weight is 325 g/mol. The summed E-state index contributed by atoms with van der Waals surface area (Å²) < 4.78 is 10.2. The average Bonchev–Trinajstić information content (AvgIpc) is 3.05. The van der Waals surface area contributed by atoms with Gasteiger partial charge in [0.2, 0.25) is 0 Å². The summed E-state index contributed by atoms with van der Waals surface area (Å²) in [6.07, 6.45) is 0. The van der Waals surface area contributed by atoms with Gasteiger partial charge in [-0.25, -0.2) is 0 Å². The fraction of sp³-hybridized carbons (Fsp3) is 0.222. The second-order valence-corrected chi connectivity index (χ2v) is 5.31. The smallest absolute Gasteiger partial charge is 0.251 e. The largest absolute Gasteiger partial charge is 0.497 e. The summed E-state index contributed by atoms with van der Waals surface area (Å²) in [5, 5.41) is 11.2. The molecule has 2 N–H and O–H groups in total. The summed E-state index contributed by atoms with van der Waals surface area (Å²) in [7, 11) is 3.24. The number of hydrogen-bond acceptors (Lipinski definition) is 4. The Balaban J connectivity index is 1.84.